The number of para-hydroxylation sites is 1. The lowest BCUT2D eigenvalue weighted by molar-refractivity contribution is -0.121. The van der Waals surface area contributed by atoms with Crippen molar-refractivity contribution < 1.29 is 18.0 Å². The van der Waals surface area contributed by atoms with Gasteiger partial charge in [-0.2, -0.15) is 0 Å². The van der Waals surface area contributed by atoms with Gasteiger partial charge >= 0.3 is 0 Å². The number of hydrogen-bond acceptors (Lipinski definition) is 4. The first-order chi connectivity index (χ1) is 15.4. The minimum Gasteiger partial charge on any atom is -0.354 e. The first kappa shape index (κ1) is 20.3. The van der Waals surface area contributed by atoms with Crippen molar-refractivity contribution >= 4 is 55.0 Å². The van der Waals surface area contributed by atoms with Crippen molar-refractivity contribution in [2.45, 2.75) is 31.1 Å². The molecule has 0 aliphatic carbocycles. The zero-order chi connectivity index (χ0) is 22.5. The molecule has 5 rings (SSSR count). The number of benzene rings is 3. The molecular weight excluding hydrogens is 426 g/mol. The van der Waals surface area contributed by atoms with E-state index in [4.69, 9.17) is 0 Å². The lowest BCUT2D eigenvalue weighted by atomic mass is 10.1. The molecule has 162 valence electrons. The number of nitrogens with one attached hydrogen (secondary N) is 2. The van der Waals surface area contributed by atoms with E-state index in [9.17, 15) is 18.0 Å². The number of aromatic nitrogens is 1. The van der Waals surface area contributed by atoms with E-state index in [1.165, 1.54) is 29.8 Å². The monoisotopic (exact) mass is 447 g/mol. The Bertz CT molecular complexity index is 1470. The summed E-state index contributed by atoms with van der Waals surface area (Å²) in [5.41, 5.74) is 3.93. The minimum atomic E-state index is -3.84. The van der Waals surface area contributed by atoms with Crippen molar-refractivity contribution in [2.75, 3.05) is 9.62 Å². The Morgan fingerprint density at radius 3 is 2.34 bits per heavy atom. The molecule has 0 bridgehead atoms. The number of rotatable bonds is 5. The molecular formula is C24H21N3O4S. The van der Waals surface area contributed by atoms with Crippen molar-refractivity contribution in [3.05, 3.63) is 66.2 Å². The fourth-order valence-electron chi connectivity index (χ4n) is 4.20. The number of imide groups is 1. The lowest BCUT2D eigenvalue weighted by Gasteiger charge is -2.14. The van der Waals surface area contributed by atoms with E-state index >= 15 is 0 Å². The molecule has 1 saturated heterocycles. The van der Waals surface area contributed by atoms with E-state index in [0.29, 0.717) is 11.4 Å². The van der Waals surface area contributed by atoms with Crippen LogP contribution >= 0.6 is 0 Å². The highest BCUT2D eigenvalue weighted by Crippen LogP contribution is 2.31. The summed E-state index contributed by atoms with van der Waals surface area (Å²) in [7, 11) is -3.84. The molecule has 1 aliphatic heterocycles. The summed E-state index contributed by atoms with van der Waals surface area (Å²) in [6.07, 6.45) is 1.25. The van der Waals surface area contributed by atoms with Crippen molar-refractivity contribution in [3.63, 3.8) is 0 Å². The molecule has 1 aliphatic rings. The molecule has 0 unspecified atom stereocenters. The van der Waals surface area contributed by atoms with E-state index in [-0.39, 0.29) is 29.6 Å². The smallest absolute Gasteiger partial charge is 0.261 e. The zero-order valence-corrected chi connectivity index (χ0v) is 18.2. The van der Waals surface area contributed by atoms with Crippen molar-refractivity contribution in [1.29, 1.82) is 0 Å². The third kappa shape index (κ3) is 3.33. The SMILES string of the molecule is CCc1cccc2c1[nH]c1cc(NS(=O)(=O)c3ccc(N4C(=O)CCC4=O)cc3)ccc12. The highest BCUT2D eigenvalue weighted by Gasteiger charge is 2.30. The second-order valence-electron chi connectivity index (χ2n) is 7.80. The number of hydrogen-bond donors (Lipinski definition) is 2. The number of aryl methyl sites for hydroxylation is 1. The van der Waals surface area contributed by atoms with Gasteiger partial charge in [0.1, 0.15) is 0 Å². The molecule has 0 spiro atoms. The van der Waals surface area contributed by atoms with Crippen LogP contribution in [0.1, 0.15) is 25.3 Å². The number of carbonyl (C=O) groups excluding carboxylic acids is 2. The lowest BCUT2D eigenvalue weighted by Crippen LogP contribution is -2.28. The van der Waals surface area contributed by atoms with Gasteiger partial charge in [-0.05, 0) is 48.4 Å². The van der Waals surface area contributed by atoms with Gasteiger partial charge in [-0.3, -0.25) is 19.2 Å². The zero-order valence-electron chi connectivity index (χ0n) is 17.4. The number of sulfonamides is 1. The quantitative estimate of drug-likeness (QED) is 0.445. The average molecular weight is 448 g/mol. The van der Waals surface area contributed by atoms with Crippen LogP contribution in [-0.4, -0.2) is 25.2 Å². The Kier molecular flexibility index (Phi) is 4.74. The maximum atomic E-state index is 12.9. The molecule has 0 saturated carbocycles. The molecule has 0 atom stereocenters. The van der Waals surface area contributed by atoms with E-state index in [1.807, 2.05) is 12.1 Å². The van der Waals surface area contributed by atoms with E-state index in [2.05, 4.69) is 28.8 Å². The van der Waals surface area contributed by atoms with Crippen LogP contribution in [0.25, 0.3) is 21.8 Å². The Balaban J connectivity index is 1.44. The van der Waals surface area contributed by atoms with Crippen LogP contribution in [0.4, 0.5) is 11.4 Å². The third-order valence-corrected chi connectivity index (χ3v) is 7.21. The molecule has 7 nitrogen and oxygen atoms in total. The molecule has 4 aromatic rings. The second kappa shape index (κ2) is 7.49. The summed E-state index contributed by atoms with van der Waals surface area (Å²) in [4.78, 5) is 28.3. The Morgan fingerprint density at radius 1 is 0.938 bits per heavy atom. The van der Waals surface area contributed by atoms with Gasteiger partial charge in [0.15, 0.2) is 0 Å². The number of H-pyrrole nitrogens is 1. The molecule has 2 amide bonds. The topological polar surface area (TPSA) is 99.3 Å². The average Bonchev–Trinajstić information content (AvgIpc) is 3.32. The predicted molar refractivity (Wildman–Crippen MR) is 124 cm³/mol. The highest BCUT2D eigenvalue weighted by molar-refractivity contribution is 7.92. The van der Waals surface area contributed by atoms with Crippen LogP contribution in [-0.2, 0) is 26.0 Å². The number of nitrogens with zero attached hydrogens (tertiary/aromatic N) is 1. The van der Waals surface area contributed by atoms with Crippen molar-refractivity contribution in [3.8, 4) is 0 Å². The van der Waals surface area contributed by atoms with Crippen LogP contribution < -0.4 is 9.62 Å². The van der Waals surface area contributed by atoms with Gasteiger partial charge in [-0.1, -0.05) is 31.2 Å². The largest absolute Gasteiger partial charge is 0.354 e. The summed E-state index contributed by atoms with van der Waals surface area (Å²) in [6, 6.07) is 17.3. The molecule has 8 heteroatoms. The van der Waals surface area contributed by atoms with E-state index < -0.39 is 10.0 Å². The van der Waals surface area contributed by atoms with Gasteiger partial charge in [0.05, 0.1) is 16.3 Å². The molecule has 2 heterocycles. The minimum absolute atomic E-state index is 0.0466. The molecule has 0 radical (unpaired) electrons. The number of fused-ring (bicyclic) bond motifs is 3. The van der Waals surface area contributed by atoms with E-state index in [1.54, 1.807) is 12.1 Å². The third-order valence-electron chi connectivity index (χ3n) is 5.81. The second-order valence-corrected chi connectivity index (χ2v) is 9.48. The normalized spacial score (nSPS) is 14.6. The standard InChI is InChI=1S/C24H21N3O4S/c1-2-15-4-3-5-20-19-11-6-16(14-21(19)25-24(15)20)26-32(30,31)18-9-7-17(8-10-18)27-22(28)12-13-23(27)29/h3-11,14,25-26H,2,12-13H2,1H3. The summed E-state index contributed by atoms with van der Waals surface area (Å²) >= 11 is 0. The highest BCUT2D eigenvalue weighted by atomic mass is 32.2. The van der Waals surface area contributed by atoms with Crippen LogP contribution in [0.5, 0.6) is 0 Å². The van der Waals surface area contributed by atoms with Gasteiger partial charge in [-0.25, -0.2) is 8.42 Å². The number of aromatic amines is 1. The summed E-state index contributed by atoms with van der Waals surface area (Å²) in [5, 5.41) is 2.14. The predicted octanol–water partition coefficient (Wildman–Crippen LogP) is 4.34. The van der Waals surface area contributed by atoms with Crippen molar-refractivity contribution in [1.82, 2.24) is 4.98 Å². The van der Waals surface area contributed by atoms with Crippen LogP contribution in [0, 0.1) is 0 Å². The fraction of sp³-hybridized carbons (Fsp3) is 0.167. The number of carbonyl (C=O) groups is 2. The number of amides is 2. The summed E-state index contributed by atoms with van der Waals surface area (Å²) < 4.78 is 28.4. The molecule has 32 heavy (non-hydrogen) atoms. The maximum Gasteiger partial charge on any atom is 0.261 e. The van der Waals surface area contributed by atoms with Crippen LogP contribution in [0.2, 0.25) is 0 Å². The molecule has 3 aromatic carbocycles. The van der Waals surface area contributed by atoms with Gasteiger partial charge in [0, 0.05) is 34.6 Å². The first-order valence-corrected chi connectivity index (χ1v) is 11.9. The first-order valence-electron chi connectivity index (χ1n) is 10.4. The Labute approximate surface area is 185 Å². The summed E-state index contributed by atoms with van der Waals surface area (Å²) in [6.45, 7) is 2.10. The van der Waals surface area contributed by atoms with Gasteiger partial charge in [0.2, 0.25) is 11.8 Å². The van der Waals surface area contributed by atoms with Gasteiger partial charge < -0.3 is 4.98 Å². The molecule has 1 fully saturated rings. The number of anilines is 2. The Hall–Kier alpha value is -3.65. The molecule has 1 aromatic heterocycles. The van der Waals surface area contributed by atoms with Gasteiger partial charge in [-0.15, -0.1) is 0 Å². The molecule has 2 N–H and O–H groups in total. The van der Waals surface area contributed by atoms with Crippen LogP contribution in [0.3, 0.4) is 0 Å². The Morgan fingerprint density at radius 2 is 1.66 bits per heavy atom. The fourth-order valence-corrected chi connectivity index (χ4v) is 5.25. The van der Waals surface area contributed by atoms with Crippen molar-refractivity contribution in [2.24, 2.45) is 0 Å². The van der Waals surface area contributed by atoms with Crippen LogP contribution in [0.15, 0.2) is 65.6 Å². The van der Waals surface area contributed by atoms with E-state index in [0.717, 1.165) is 33.1 Å². The maximum absolute atomic E-state index is 12.9. The summed E-state index contributed by atoms with van der Waals surface area (Å²) in [5.74, 6) is -0.553. The van der Waals surface area contributed by atoms with Gasteiger partial charge in [0.25, 0.3) is 10.0 Å².